The van der Waals surface area contributed by atoms with Gasteiger partial charge in [-0.2, -0.15) is 0 Å². The summed E-state index contributed by atoms with van der Waals surface area (Å²) in [5.74, 6) is 0.215. The van der Waals surface area contributed by atoms with Gasteiger partial charge in [-0.25, -0.2) is 0 Å². The number of nitrogens with zero attached hydrogens (tertiary/aromatic N) is 2. The molecule has 3 rings (SSSR count). The Balaban J connectivity index is 1.55. The summed E-state index contributed by atoms with van der Waals surface area (Å²) >= 11 is 2.47. The Bertz CT molecular complexity index is 991. The van der Waals surface area contributed by atoms with Crippen LogP contribution in [-0.4, -0.2) is 34.9 Å². The molecule has 0 saturated heterocycles. The fourth-order valence-electron chi connectivity index (χ4n) is 2.34. The minimum Gasteiger partial charge on any atom is -0.496 e. The van der Waals surface area contributed by atoms with Crippen LogP contribution in [0.15, 0.2) is 52.9 Å². The predicted octanol–water partition coefficient (Wildman–Crippen LogP) is 3.84. The van der Waals surface area contributed by atoms with Crippen LogP contribution in [0.3, 0.4) is 0 Å². The van der Waals surface area contributed by atoms with E-state index in [4.69, 9.17) is 4.74 Å². The monoisotopic (exact) mass is 414 g/mol. The Hall–Kier alpha value is -2.91. The van der Waals surface area contributed by atoms with Crippen molar-refractivity contribution in [2.75, 3.05) is 23.5 Å². The van der Waals surface area contributed by atoms with Crippen molar-refractivity contribution in [3.8, 4) is 5.75 Å². The molecule has 28 heavy (non-hydrogen) atoms. The third kappa shape index (κ3) is 5.08. The number of aryl methyl sites for hydroxylation is 1. The van der Waals surface area contributed by atoms with Crippen LogP contribution < -0.4 is 15.4 Å². The highest BCUT2D eigenvalue weighted by Gasteiger charge is 2.15. The first-order valence-corrected chi connectivity index (χ1v) is 10.1. The summed E-state index contributed by atoms with van der Waals surface area (Å²) < 4.78 is 5.78. The summed E-state index contributed by atoms with van der Waals surface area (Å²) in [6.07, 6.45) is 0. The van der Waals surface area contributed by atoms with Crippen molar-refractivity contribution in [1.82, 2.24) is 10.2 Å². The average Bonchev–Trinajstić information content (AvgIpc) is 3.15. The molecular weight excluding hydrogens is 396 g/mol. The molecule has 0 aliphatic heterocycles. The number of thioether (sulfide) groups is 1. The standard InChI is InChI=1S/C19H18N4O3S2/c1-12-7-3-5-9-14(12)20-16(24)11-27-19-23-22-18(28-19)21-17(25)13-8-4-6-10-15(13)26-2/h3-10H,11H2,1-2H3,(H,20,24)(H,21,22,25). The number of hydrogen-bond acceptors (Lipinski definition) is 7. The van der Waals surface area contributed by atoms with Gasteiger partial charge < -0.3 is 10.1 Å². The minimum absolute atomic E-state index is 0.130. The third-order valence-corrected chi connectivity index (χ3v) is 5.70. The number of rotatable bonds is 7. The van der Waals surface area contributed by atoms with Gasteiger partial charge in [-0.1, -0.05) is 53.4 Å². The first-order chi connectivity index (χ1) is 13.6. The molecule has 1 aromatic heterocycles. The van der Waals surface area contributed by atoms with Gasteiger partial charge in [0, 0.05) is 5.69 Å². The second-order valence-electron chi connectivity index (χ2n) is 5.68. The van der Waals surface area contributed by atoms with E-state index >= 15 is 0 Å². The van der Waals surface area contributed by atoms with Crippen LogP contribution in [-0.2, 0) is 4.79 Å². The molecule has 0 atom stereocenters. The molecule has 0 unspecified atom stereocenters. The Morgan fingerprint density at radius 2 is 1.82 bits per heavy atom. The molecule has 0 aliphatic carbocycles. The van der Waals surface area contributed by atoms with Crippen LogP contribution in [0, 0.1) is 6.92 Å². The topological polar surface area (TPSA) is 93.2 Å². The number of carbonyl (C=O) groups excluding carboxylic acids is 2. The lowest BCUT2D eigenvalue weighted by Crippen LogP contribution is -2.14. The van der Waals surface area contributed by atoms with Gasteiger partial charge in [-0.05, 0) is 30.7 Å². The number of aromatic nitrogens is 2. The SMILES string of the molecule is COc1ccccc1C(=O)Nc1nnc(SCC(=O)Nc2ccccc2C)s1. The lowest BCUT2D eigenvalue weighted by molar-refractivity contribution is -0.113. The van der Waals surface area contributed by atoms with E-state index in [-0.39, 0.29) is 17.6 Å². The molecule has 2 N–H and O–H groups in total. The summed E-state index contributed by atoms with van der Waals surface area (Å²) in [7, 11) is 1.51. The molecule has 9 heteroatoms. The zero-order valence-corrected chi connectivity index (χ0v) is 16.9. The summed E-state index contributed by atoms with van der Waals surface area (Å²) in [6, 6.07) is 14.5. The molecular formula is C19H18N4O3S2. The van der Waals surface area contributed by atoms with Gasteiger partial charge in [0.25, 0.3) is 5.91 Å². The molecule has 1 heterocycles. The van der Waals surface area contributed by atoms with Crippen molar-refractivity contribution in [1.29, 1.82) is 0 Å². The molecule has 3 aromatic rings. The van der Waals surface area contributed by atoms with Crippen molar-refractivity contribution in [3.05, 3.63) is 59.7 Å². The van der Waals surface area contributed by atoms with E-state index in [1.807, 2.05) is 31.2 Å². The summed E-state index contributed by atoms with van der Waals surface area (Å²) in [5, 5.41) is 13.9. The van der Waals surface area contributed by atoms with Crippen LogP contribution >= 0.6 is 23.1 Å². The first-order valence-electron chi connectivity index (χ1n) is 8.33. The maximum atomic E-state index is 12.4. The molecule has 0 spiro atoms. The van der Waals surface area contributed by atoms with Crippen LogP contribution in [0.1, 0.15) is 15.9 Å². The van der Waals surface area contributed by atoms with Crippen molar-refractivity contribution in [3.63, 3.8) is 0 Å². The van der Waals surface area contributed by atoms with Gasteiger partial charge in [-0.3, -0.25) is 14.9 Å². The highest BCUT2D eigenvalue weighted by Crippen LogP contribution is 2.27. The lowest BCUT2D eigenvalue weighted by Gasteiger charge is -2.07. The van der Waals surface area contributed by atoms with Gasteiger partial charge in [0.1, 0.15) is 5.75 Å². The number of nitrogens with one attached hydrogen (secondary N) is 2. The van der Waals surface area contributed by atoms with Gasteiger partial charge in [-0.15, -0.1) is 10.2 Å². The van der Waals surface area contributed by atoms with Crippen LogP contribution in [0.25, 0.3) is 0 Å². The van der Waals surface area contributed by atoms with Gasteiger partial charge in [0.15, 0.2) is 4.34 Å². The number of ether oxygens (including phenoxy) is 1. The van der Waals surface area contributed by atoms with E-state index in [1.54, 1.807) is 24.3 Å². The van der Waals surface area contributed by atoms with Crippen molar-refractivity contribution in [2.24, 2.45) is 0 Å². The number of hydrogen-bond donors (Lipinski definition) is 2. The summed E-state index contributed by atoms with van der Waals surface area (Å²) in [5.41, 5.74) is 2.19. The Morgan fingerprint density at radius 3 is 2.61 bits per heavy atom. The number of methoxy groups -OCH3 is 1. The van der Waals surface area contributed by atoms with Crippen LogP contribution in [0.4, 0.5) is 10.8 Å². The number of anilines is 2. The molecule has 0 radical (unpaired) electrons. The normalized spacial score (nSPS) is 10.4. The summed E-state index contributed by atoms with van der Waals surface area (Å²) in [6.45, 7) is 1.93. The average molecular weight is 415 g/mol. The van der Waals surface area contributed by atoms with Crippen molar-refractivity contribution < 1.29 is 14.3 Å². The quantitative estimate of drug-likeness (QED) is 0.451. The highest BCUT2D eigenvalue weighted by molar-refractivity contribution is 8.01. The van der Waals surface area contributed by atoms with E-state index in [1.165, 1.54) is 30.2 Å². The zero-order chi connectivity index (χ0) is 19.9. The van der Waals surface area contributed by atoms with Gasteiger partial charge in [0.2, 0.25) is 11.0 Å². The largest absolute Gasteiger partial charge is 0.496 e. The summed E-state index contributed by atoms with van der Waals surface area (Å²) in [4.78, 5) is 24.5. The number of amides is 2. The molecule has 0 aliphatic rings. The highest BCUT2D eigenvalue weighted by atomic mass is 32.2. The van der Waals surface area contributed by atoms with Crippen molar-refractivity contribution in [2.45, 2.75) is 11.3 Å². The second-order valence-corrected chi connectivity index (χ2v) is 7.88. The molecule has 144 valence electrons. The number of para-hydroxylation sites is 2. The van der Waals surface area contributed by atoms with Crippen LogP contribution in [0.2, 0.25) is 0 Å². The van der Waals surface area contributed by atoms with E-state index in [0.717, 1.165) is 11.3 Å². The smallest absolute Gasteiger partial charge is 0.261 e. The predicted molar refractivity (Wildman–Crippen MR) is 111 cm³/mol. The zero-order valence-electron chi connectivity index (χ0n) is 15.3. The molecule has 0 bridgehead atoms. The van der Waals surface area contributed by atoms with Gasteiger partial charge >= 0.3 is 0 Å². The molecule has 2 aromatic carbocycles. The van der Waals surface area contributed by atoms with E-state index in [9.17, 15) is 9.59 Å². The second kappa shape index (κ2) is 9.34. The Labute approximate surface area is 170 Å². The van der Waals surface area contributed by atoms with Crippen molar-refractivity contribution >= 4 is 45.7 Å². The minimum atomic E-state index is -0.331. The van der Waals surface area contributed by atoms with E-state index < -0.39 is 0 Å². The molecule has 2 amide bonds. The van der Waals surface area contributed by atoms with Crippen LogP contribution in [0.5, 0.6) is 5.75 Å². The number of benzene rings is 2. The first kappa shape index (κ1) is 19.8. The fraction of sp³-hybridized carbons (Fsp3) is 0.158. The maximum Gasteiger partial charge on any atom is 0.261 e. The molecule has 7 nitrogen and oxygen atoms in total. The lowest BCUT2D eigenvalue weighted by atomic mass is 10.2. The van der Waals surface area contributed by atoms with E-state index in [2.05, 4.69) is 20.8 Å². The molecule has 0 saturated carbocycles. The Kier molecular flexibility index (Phi) is 6.62. The third-order valence-electron chi connectivity index (χ3n) is 3.72. The number of carbonyl (C=O) groups is 2. The molecule has 0 fully saturated rings. The maximum absolute atomic E-state index is 12.4. The fourth-order valence-corrected chi connectivity index (χ4v) is 3.89. The Morgan fingerprint density at radius 1 is 1.07 bits per heavy atom. The van der Waals surface area contributed by atoms with Gasteiger partial charge in [0.05, 0.1) is 18.4 Å². The van der Waals surface area contributed by atoms with E-state index in [0.29, 0.717) is 20.8 Å².